The van der Waals surface area contributed by atoms with Crippen molar-refractivity contribution in [3.63, 3.8) is 0 Å². The molecule has 0 radical (unpaired) electrons. The Morgan fingerprint density at radius 1 is 1.10 bits per heavy atom. The monoisotopic (exact) mass is 402 g/mol. The molecule has 1 N–H and O–H groups in total. The van der Waals surface area contributed by atoms with E-state index in [4.69, 9.17) is 0 Å². The number of nitrogens with one attached hydrogen (secondary N) is 1. The van der Waals surface area contributed by atoms with Crippen LogP contribution in [0.1, 0.15) is 43.5 Å². The molecular formula is C24H26N4O2. The molecule has 4 aromatic rings. The number of carbonyl (C=O) groups is 1. The molecule has 0 spiro atoms. The molecule has 0 unspecified atom stereocenters. The molecule has 30 heavy (non-hydrogen) atoms. The number of amides is 1. The van der Waals surface area contributed by atoms with Crippen LogP contribution < -0.4 is 10.9 Å². The number of benzene rings is 2. The SMILES string of the molecule is CC[C@H](C(=O)NC[C@H](C)c1ccccc1)n1c2ccccc2c2nc(=O)cc(C)n21. The molecule has 0 aliphatic heterocycles. The summed E-state index contributed by atoms with van der Waals surface area (Å²) >= 11 is 0. The molecule has 6 heteroatoms. The zero-order valence-corrected chi connectivity index (χ0v) is 17.5. The number of hydrogen-bond acceptors (Lipinski definition) is 3. The number of fused-ring (bicyclic) bond motifs is 3. The van der Waals surface area contributed by atoms with Gasteiger partial charge in [-0.2, -0.15) is 4.98 Å². The first-order valence-corrected chi connectivity index (χ1v) is 10.3. The van der Waals surface area contributed by atoms with E-state index >= 15 is 0 Å². The molecule has 2 aromatic heterocycles. The molecule has 0 aliphatic rings. The van der Waals surface area contributed by atoms with Crippen LogP contribution in [0.15, 0.2) is 65.5 Å². The highest BCUT2D eigenvalue weighted by atomic mass is 16.2. The van der Waals surface area contributed by atoms with Crippen LogP contribution in [-0.4, -0.2) is 26.6 Å². The van der Waals surface area contributed by atoms with Gasteiger partial charge in [0.15, 0.2) is 5.65 Å². The third kappa shape index (κ3) is 3.49. The molecule has 0 saturated heterocycles. The molecular weight excluding hydrogens is 376 g/mol. The summed E-state index contributed by atoms with van der Waals surface area (Å²) in [6.07, 6.45) is 0.616. The second-order valence-electron chi connectivity index (χ2n) is 7.71. The van der Waals surface area contributed by atoms with E-state index in [1.807, 2.05) is 65.5 Å². The highest BCUT2D eigenvalue weighted by molar-refractivity contribution is 5.94. The summed E-state index contributed by atoms with van der Waals surface area (Å²) in [7, 11) is 0. The summed E-state index contributed by atoms with van der Waals surface area (Å²) in [6.45, 7) is 6.53. The van der Waals surface area contributed by atoms with Gasteiger partial charge in [0, 0.05) is 23.7 Å². The van der Waals surface area contributed by atoms with Crippen molar-refractivity contribution in [2.75, 3.05) is 6.54 Å². The van der Waals surface area contributed by atoms with E-state index in [0.29, 0.717) is 18.6 Å². The molecule has 154 valence electrons. The number of aromatic nitrogens is 3. The van der Waals surface area contributed by atoms with E-state index < -0.39 is 6.04 Å². The van der Waals surface area contributed by atoms with Crippen LogP contribution in [0.4, 0.5) is 0 Å². The van der Waals surface area contributed by atoms with Crippen molar-refractivity contribution in [3.8, 4) is 0 Å². The van der Waals surface area contributed by atoms with Gasteiger partial charge in [-0.3, -0.25) is 14.3 Å². The lowest BCUT2D eigenvalue weighted by molar-refractivity contribution is -0.124. The second kappa shape index (κ2) is 8.14. The zero-order chi connectivity index (χ0) is 21.3. The molecule has 0 fully saturated rings. The van der Waals surface area contributed by atoms with Gasteiger partial charge in [0.05, 0.1) is 5.52 Å². The Hall–Kier alpha value is -3.41. The minimum absolute atomic E-state index is 0.0407. The van der Waals surface area contributed by atoms with Crippen molar-refractivity contribution in [2.24, 2.45) is 0 Å². The lowest BCUT2D eigenvalue weighted by atomic mass is 10.0. The van der Waals surface area contributed by atoms with Crippen LogP contribution in [0.2, 0.25) is 0 Å². The maximum absolute atomic E-state index is 13.2. The molecule has 1 amide bonds. The smallest absolute Gasteiger partial charge is 0.273 e. The third-order valence-corrected chi connectivity index (χ3v) is 5.63. The van der Waals surface area contributed by atoms with Crippen molar-refractivity contribution in [1.29, 1.82) is 0 Å². The maximum atomic E-state index is 13.2. The number of hydrogen-bond donors (Lipinski definition) is 1. The fraction of sp³-hybridized carbons (Fsp3) is 0.292. The lowest BCUT2D eigenvalue weighted by Gasteiger charge is -2.22. The van der Waals surface area contributed by atoms with Crippen LogP contribution in [0.3, 0.4) is 0 Å². The van der Waals surface area contributed by atoms with Crippen molar-refractivity contribution >= 4 is 22.5 Å². The molecule has 6 nitrogen and oxygen atoms in total. The minimum Gasteiger partial charge on any atom is -0.354 e. The summed E-state index contributed by atoms with van der Waals surface area (Å²) < 4.78 is 3.86. The van der Waals surface area contributed by atoms with Crippen LogP contribution in [0, 0.1) is 6.92 Å². The van der Waals surface area contributed by atoms with Crippen LogP contribution in [0.25, 0.3) is 16.6 Å². The van der Waals surface area contributed by atoms with E-state index in [2.05, 4.69) is 29.4 Å². The summed E-state index contributed by atoms with van der Waals surface area (Å²) in [5.41, 5.74) is 3.14. The quantitative estimate of drug-likeness (QED) is 0.533. The Kier molecular flexibility index (Phi) is 5.40. The maximum Gasteiger partial charge on any atom is 0.273 e. The highest BCUT2D eigenvalue weighted by Gasteiger charge is 2.25. The summed E-state index contributed by atoms with van der Waals surface area (Å²) in [6, 6.07) is 19.0. The van der Waals surface area contributed by atoms with Gasteiger partial charge in [-0.25, -0.2) is 4.52 Å². The Labute approximate surface area is 175 Å². The van der Waals surface area contributed by atoms with E-state index in [9.17, 15) is 9.59 Å². The normalized spacial score (nSPS) is 13.4. The van der Waals surface area contributed by atoms with Crippen LogP contribution in [-0.2, 0) is 4.79 Å². The van der Waals surface area contributed by atoms with Crippen molar-refractivity contribution in [3.05, 3.63) is 82.3 Å². The standard InChI is InChI=1S/C24H26N4O2/c1-4-20(24(30)25-15-16(2)18-10-6-5-7-11-18)28-21-13-9-8-12-19(21)23-26-22(29)14-17(3)27(23)28/h5-14,16,20H,4,15H2,1-3H3,(H,25,30)/t16-,20+/m0/s1. The Bertz CT molecular complexity index is 1260. The Balaban J connectivity index is 1.72. The molecule has 4 rings (SSSR count). The topological polar surface area (TPSA) is 68.4 Å². The number of nitrogens with zero attached hydrogens (tertiary/aromatic N) is 3. The van der Waals surface area contributed by atoms with Gasteiger partial charge in [-0.1, -0.05) is 56.3 Å². The first-order chi connectivity index (χ1) is 14.5. The minimum atomic E-state index is -0.418. The highest BCUT2D eigenvalue weighted by Crippen LogP contribution is 2.26. The Morgan fingerprint density at radius 3 is 2.53 bits per heavy atom. The molecule has 2 atom stereocenters. The van der Waals surface area contributed by atoms with Gasteiger partial charge in [0.25, 0.3) is 5.56 Å². The fourth-order valence-corrected chi connectivity index (χ4v) is 4.06. The first kappa shape index (κ1) is 19.9. The van der Waals surface area contributed by atoms with Crippen LogP contribution in [0.5, 0.6) is 0 Å². The van der Waals surface area contributed by atoms with Crippen molar-refractivity contribution in [2.45, 2.75) is 39.2 Å². The van der Waals surface area contributed by atoms with Gasteiger partial charge < -0.3 is 5.32 Å². The predicted octanol–water partition coefficient (Wildman–Crippen LogP) is 3.83. The van der Waals surface area contributed by atoms with Crippen molar-refractivity contribution in [1.82, 2.24) is 19.5 Å². The van der Waals surface area contributed by atoms with Gasteiger partial charge in [-0.15, -0.1) is 0 Å². The van der Waals surface area contributed by atoms with Crippen LogP contribution >= 0.6 is 0 Å². The molecule has 0 aliphatic carbocycles. The fourth-order valence-electron chi connectivity index (χ4n) is 4.06. The number of rotatable bonds is 6. The van der Waals surface area contributed by atoms with Crippen molar-refractivity contribution < 1.29 is 4.79 Å². The first-order valence-electron chi connectivity index (χ1n) is 10.3. The summed E-state index contributed by atoms with van der Waals surface area (Å²) in [5, 5.41) is 3.99. The van der Waals surface area contributed by atoms with Gasteiger partial charge in [0.1, 0.15) is 6.04 Å². The molecule has 2 aromatic carbocycles. The van der Waals surface area contributed by atoms with E-state index in [1.165, 1.54) is 11.6 Å². The molecule has 0 saturated carbocycles. The number of para-hydroxylation sites is 1. The van der Waals surface area contributed by atoms with E-state index in [1.54, 1.807) is 0 Å². The molecule has 0 bridgehead atoms. The lowest BCUT2D eigenvalue weighted by Crippen LogP contribution is -2.36. The summed E-state index contributed by atoms with van der Waals surface area (Å²) in [4.78, 5) is 29.5. The number of aryl methyl sites for hydroxylation is 1. The van der Waals surface area contributed by atoms with E-state index in [-0.39, 0.29) is 17.4 Å². The third-order valence-electron chi connectivity index (χ3n) is 5.63. The summed E-state index contributed by atoms with van der Waals surface area (Å²) in [5.74, 6) is 0.172. The Morgan fingerprint density at radius 2 is 1.80 bits per heavy atom. The average molecular weight is 402 g/mol. The predicted molar refractivity (Wildman–Crippen MR) is 119 cm³/mol. The molecule has 2 heterocycles. The van der Waals surface area contributed by atoms with Gasteiger partial charge in [-0.05, 0) is 37.0 Å². The zero-order valence-electron chi connectivity index (χ0n) is 17.5. The van der Waals surface area contributed by atoms with E-state index in [0.717, 1.165) is 16.6 Å². The van der Waals surface area contributed by atoms with Gasteiger partial charge >= 0.3 is 0 Å². The largest absolute Gasteiger partial charge is 0.354 e. The second-order valence-corrected chi connectivity index (χ2v) is 7.71. The average Bonchev–Trinajstić information content (AvgIpc) is 3.08. The van der Waals surface area contributed by atoms with Gasteiger partial charge in [0.2, 0.25) is 5.91 Å². The number of carbonyl (C=O) groups excluding carboxylic acids is 1.